The lowest BCUT2D eigenvalue weighted by Gasteiger charge is -2.07. The van der Waals surface area contributed by atoms with Crippen LogP contribution in [0.25, 0.3) is 11.1 Å². The van der Waals surface area contributed by atoms with E-state index in [-0.39, 0.29) is 5.91 Å². The van der Waals surface area contributed by atoms with Gasteiger partial charge in [0, 0.05) is 48.3 Å². The van der Waals surface area contributed by atoms with Crippen LogP contribution >= 0.6 is 11.6 Å². The van der Waals surface area contributed by atoms with E-state index in [1.807, 2.05) is 31.4 Å². The summed E-state index contributed by atoms with van der Waals surface area (Å²) in [4.78, 5) is 16.3. The molecular formula is C18H17ClN4O. The number of pyridine rings is 1. The predicted molar refractivity (Wildman–Crippen MR) is 93.4 cm³/mol. The van der Waals surface area contributed by atoms with Crippen molar-refractivity contribution in [2.45, 2.75) is 13.0 Å². The summed E-state index contributed by atoms with van der Waals surface area (Å²) >= 11 is 5.84. The maximum Gasteiger partial charge on any atom is 0.224 e. The summed E-state index contributed by atoms with van der Waals surface area (Å²) < 4.78 is 1.75. The Morgan fingerprint density at radius 3 is 2.62 bits per heavy atom. The molecule has 1 amide bonds. The largest absolute Gasteiger partial charge is 0.352 e. The van der Waals surface area contributed by atoms with Crippen molar-refractivity contribution in [3.8, 4) is 11.1 Å². The van der Waals surface area contributed by atoms with E-state index < -0.39 is 0 Å². The molecule has 0 spiro atoms. The van der Waals surface area contributed by atoms with Crippen LogP contribution in [0.4, 0.5) is 0 Å². The van der Waals surface area contributed by atoms with Gasteiger partial charge in [-0.2, -0.15) is 5.10 Å². The van der Waals surface area contributed by atoms with Gasteiger partial charge in [0.05, 0.1) is 12.6 Å². The highest BCUT2D eigenvalue weighted by Crippen LogP contribution is 2.18. The van der Waals surface area contributed by atoms with Crippen molar-refractivity contribution in [3.05, 3.63) is 71.3 Å². The molecule has 2 aromatic heterocycles. The zero-order chi connectivity index (χ0) is 16.9. The third kappa shape index (κ3) is 4.20. The van der Waals surface area contributed by atoms with E-state index in [1.165, 1.54) is 0 Å². The number of hydrogen-bond donors (Lipinski definition) is 1. The number of nitrogens with zero attached hydrogens (tertiary/aromatic N) is 3. The number of carbonyl (C=O) groups excluding carboxylic acids is 1. The van der Waals surface area contributed by atoms with E-state index >= 15 is 0 Å². The molecular weight excluding hydrogens is 324 g/mol. The van der Waals surface area contributed by atoms with Crippen LogP contribution in [-0.2, 0) is 24.8 Å². The van der Waals surface area contributed by atoms with Crippen LogP contribution in [0.5, 0.6) is 0 Å². The van der Waals surface area contributed by atoms with Gasteiger partial charge in [-0.25, -0.2) is 0 Å². The SMILES string of the molecule is Cn1cc(-c2cncc(CNC(=O)Cc3ccc(Cl)cc3)c2)cn1. The van der Waals surface area contributed by atoms with Crippen molar-refractivity contribution in [3.63, 3.8) is 0 Å². The Hall–Kier alpha value is -2.66. The zero-order valence-electron chi connectivity index (χ0n) is 13.2. The fraction of sp³-hybridized carbons (Fsp3) is 0.167. The second-order valence-electron chi connectivity index (χ2n) is 5.56. The summed E-state index contributed by atoms with van der Waals surface area (Å²) in [7, 11) is 1.87. The zero-order valence-corrected chi connectivity index (χ0v) is 14.0. The molecule has 122 valence electrons. The van der Waals surface area contributed by atoms with Crippen molar-refractivity contribution in [2.24, 2.45) is 7.05 Å². The van der Waals surface area contributed by atoms with Crippen LogP contribution in [-0.4, -0.2) is 20.7 Å². The third-order valence-corrected chi connectivity index (χ3v) is 3.85. The predicted octanol–water partition coefficient (Wildman–Crippen LogP) is 2.99. The standard InChI is InChI=1S/C18H17ClN4O/c1-23-12-16(11-22-23)15-6-14(8-20-10-15)9-21-18(24)7-13-2-4-17(19)5-3-13/h2-6,8,10-12H,7,9H2,1H3,(H,21,24). The van der Waals surface area contributed by atoms with Gasteiger partial charge >= 0.3 is 0 Å². The van der Waals surface area contributed by atoms with Crippen molar-refractivity contribution >= 4 is 17.5 Å². The topological polar surface area (TPSA) is 59.8 Å². The van der Waals surface area contributed by atoms with E-state index in [4.69, 9.17) is 11.6 Å². The molecule has 3 rings (SSSR count). The maximum atomic E-state index is 12.1. The lowest BCUT2D eigenvalue weighted by Crippen LogP contribution is -2.24. The highest BCUT2D eigenvalue weighted by atomic mass is 35.5. The van der Waals surface area contributed by atoms with Crippen LogP contribution in [0.3, 0.4) is 0 Å². The molecule has 0 saturated carbocycles. The van der Waals surface area contributed by atoms with E-state index in [0.717, 1.165) is 22.3 Å². The lowest BCUT2D eigenvalue weighted by atomic mass is 10.1. The molecule has 0 aliphatic rings. The highest BCUT2D eigenvalue weighted by molar-refractivity contribution is 6.30. The Labute approximate surface area is 145 Å². The molecule has 0 unspecified atom stereocenters. The number of amides is 1. The summed E-state index contributed by atoms with van der Waals surface area (Å²) in [6.07, 6.45) is 7.59. The summed E-state index contributed by atoms with van der Waals surface area (Å²) in [5.41, 5.74) is 3.85. The molecule has 1 N–H and O–H groups in total. The second kappa shape index (κ2) is 7.27. The Balaban J connectivity index is 1.60. The average Bonchev–Trinajstić information content (AvgIpc) is 3.02. The van der Waals surface area contributed by atoms with Gasteiger partial charge in [-0.1, -0.05) is 23.7 Å². The second-order valence-corrected chi connectivity index (χ2v) is 6.00. The van der Waals surface area contributed by atoms with Gasteiger partial charge < -0.3 is 5.32 Å². The van der Waals surface area contributed by atoms with Gasteiger partial charge in [0.2, 0.25) is 5.91 Å². The molecule has 5 nitrogen and oxygen atoms in total. The molecule has 0 saturated heterocycles. The molecule has 0 radical (unpaired) electrons. The van der Waals surface area contributed by atoms with Gasteiger partial charge in [-0.3, -0.25) is 14.5 Å². The Morgan fingerprint density at radius 2 is 1.92 bits per heavy atom. The monoisotopic (exact) mass is 340 g/mol. The van der Waals surface area contributed by atoms with Crippen molar-refractivity contribution in [1.29, 1.82) is 0 Å². The van der Waals surface area contributed by atoms with E-state index in [0.29, 0.717) is 18.0 Å². The number of aromatic nitrogens is 3. The van der Waals surface area contributed by atoms with Crippen LogP contribution < -0.4 is 5.32 Å². The number of hydrogen-bond acceptors (Lipinski definition) is 3. The molecule has 24 heavy (non-hydrogen) atoms. The number of rotatable bonds is 5. The fourth-order valence-electron chi connectivity index (χ4n) is 2.36. The summed E-state index contributed by atoms with van der Waals surface area (Å²) in [5, 5.41) is 7.74. The normalized spacial score (nSPS) is 10.6. The van der Waals surface area contributed by atoms with Crippen LogP contribution in [0.1, 0.15) is 11.1 Å². The van der Waals surface area contributed by atoms with E-state index in [2.05, 4.69) is 15.4 Å². The van der Waals surface area contributed by atoms with Crippen molar-refractivity contribution in [1.82, 2.24) is 20.1 Å². The summed E-state index contributed by atoms with van der Waals surface area (Å²) in [6.45, 7) is 0.438. The number of benzene rings is 1. The van der Waals surface area contributed by atoms with Crippen molar-refractivity contribution in [2.75, 3.05) is 0 Å². The molecule has 6 heteroatoms. The highest BCUT2D eigenvalue weighted by Gasteiger charge is 2.06. The van der Waals surface area contributed by atoms with E-state index in [9.17, 15) is 4.79 Å². The van der Waals surface area contributed by atoms with Crippen LogP contribution in [0.2, 0.25) is 5.02 Å². The number of halogens is 1. The minimum Gasteiger partial charge on any atom is -0.352 e. The smallest absolute Gasteiger partial charge is 0.224 e. The summed E-state index contributed by atoms with van der Waals surface area (Å²) in [6, 6.07) is 9.28. The maximum absolute atomic E-state index is 12.1. The minimum absolute atomic E-state index is 0.0379. The Morgan fingerprint density at radius 1 is 1.12 bits per heavy atom. The first-order valence-electron chi connectivity index (χ1n) is 7.54. The van der Waals surface area contributed by atoms with Gasteiger partial charge in [-0.05, 0) is 29.3 Å². The first-order chi connectivity index (χ1) is 11.6. The number of carbonyl (C=O) groups is 1. The molecule has 2 heterocycles. The first kappa shape index (κ1) is 16.2. The van der Waals surface area contributed by atoms with Gasteiger partial charge in [0.15, 0.2) is 0 Å². The molecule has 0 aliphatic heterocycles. The van der Waals surface area contributed by atoms with Gasteiger partial charge in [0.1, 0.15) is 0 Å². The third-order valence-electron chi connectivity index (χ3n) is 3.60. The van der Waals surface area contributed by atoms with Crippen LogP contribution in [0, 0.1) is 0 Å². The molecule has 0 bridgehead atoms. The minimum atomic E-state index is -0.0379. The van der Waals surface area contributed by atoms with Gasteiger partial charge in [-0.15, -0.1) is 0 Å². The van der Waals surface area contributed by atoms with Crippen LogP contribution in [0.15, 0.2) is 55.1 Å². The molecule has 3 aromatic rings. The van der Waals surface area contributed by atoms with E-state index in [1.54, 1.807) is 35.4 Å². The molecule has 1 aromatic carbocycles. The van der Waals surface area contributed by atoms with Crippen molar-refractivity contribution < 1.29 is 4.79 Å². The fourth-order valence-corrected chi connectivity index (χ4v) is 2.49. The molecule has 0 atom stereocenters. The number of aryl methyl sites for hydroxylation is 1. The lowest BCUT2D eigenvalue weighted by molar-refractivity contribution is -0.120. The molecule has 0 aliphatic carbocycles. The quantitative estimate of drug-likeness (QED) is 0.776. The average molecular weight is 341 g/mol. The summed E-state index contributed by atoms with van der Waals surface area (Å²) in [5.74, 6) is -0.0379. The molecule has 0 fully saturated rings. The number of nitrogens with one attached hydrogen (secondary N) is 1. The van der Waals surface area contributed by atoms with Gasteiger partial charge in [0.25, 0.3) is 0 Å². The Kier molecular flexibility index (Phi) is 4.91. The Bertz CT molecular complexity index is 842. The first-order valence-corrected chi connectivity index (χ1v) is 7.92.